The first-order chi connectivity index (χ1) is 22.4. The van der Waals surface area contributed by atoms with Gasteiger partial charge in [0.15, 0.2) is 0 Å². The summed E-state index contributed by atoms with van der Waals surface area (Å²) >= 11 is 0. The number of nitrogens with zero attached hydrogens (tertiary/aromatic N) is 6. The number of aromatic nitrogens is 3. The summed E-state index contributed by atoms with van der Waals surface area (Å²) in [7, 11) is 1.20. The molecule has 0 amide bonds. The van der Waals surface area contributed by atoms with Crippen LogP contribution in [0.2, 0.25) is 0 Å². The number of esters is 1. The predicted octanol–water partition coefficient (Wildman–Crippen LogP) is 3.43. The summed E-state index contributed by atoms with van der Waals surface area (Å²) < 4.78 is 48.1. The maximum Gasteiger partial charge on any atom is 0.416 e. The van der Waals surface area contributed by atoms with Gasteiger partial charge in [-0.05, 0) is 42.8 Å². The second-order valence-electron chi connectivity index (χ2n) is 11.2. The Kier molecular flexibility index (Phi) is 10.5. The van der Waals surface area contributed by atoms with E-state index in [1.165, 1.54) is 28.7 Å². The Morgan fingerprint density at radius 3 is 2.53 bits per heavy atom. The number of alkyl halides is 3. The number of carbonyl (C=O) groups excluding carboxylic acids is 2. The quantitative estimate of drug-likeness (QED) is 0.166. The highest BCUT2D eigenvalue weighted by molar-refractivity contribution is 5.93. The number of nitriles is 2. The number of quaternary nitrogens is 1. The van der Waals surface area contributed by atoms with E-state index in [4.69, 9.17) is 19.9 Å². The first-order valence-electron chi connectivity index (χ1n) is 14.7. The molecular weight excluding hydrogens is 619 g/mol. The van der Waals surface area contributed by atoms with Crippen LogP contribution in [-0.2, 0) is 27.0 Å². The van der Waals surface area contributed by atoms with Crippen LogP contribution >= 0.6 is 0 Å². The summed E-state index contributed by atoms with van der Waals surface area (Å²) in [5.41, 5.74) is 0.475. The van der Waals surface area contributed by atoms with E-state index < -0.39 is 35.9 Å². The molecule has 246 valence electrons. The molecule has 5 rings (SSSR count). The third-order valence-corrected chi connectivity index (χ3v) is 8.49. The number of carbonyl (C=O) groups is 2. The van der Waals surface area contributed by atoms with Crippen molar-refractivity contribution in [1.82, 2.24) is 14.8 Å². The number of ether oxygens (including phenoxy) is 1. The first kappa shape index (κ1) is 34.5. The highest BCUT2D eigenvalue weighted by Gasteiger charge is 2.42. The average molecular weight is 652 g/mol. The van der Waals surface area contributed by atoms with Crippen molar-refractivity contribution in [2.24, 2.45) is 0 Å². The lowest BCUT2D eigenvalue weighted by Crippen LogP contribution is -2.46. The van der Waals surface area contributed by atoms with Gasteiger partial charge >= 0.3 is 17.8 Å². The van der Waals surface area contributed by atoms with E-state index in [-0.39, 0.29) is 22.9 Å². The molecule has 0 saturated carbocycles. The zero-order chi connectivity index (χ0) is 34.4. The summed E-state index contributed by atoms with van der Waals surface area (Å²) in [6.45, 7) is 4.09. The lowest BCUT2D eigenvalue weighted by Gasteiger charge is -2.38. The normalized spacial score (nSPS) is 16.7. The summed E-state index contributed by atoms with van der Waals surface area (Å²) in [6, 6.07) is 12.9. The standard InChI is InChI=1S/C31H30F3N7O3.CH2O2/c1-20-26(28(42)44-2)27(40-29(37-38-30(40)43)39(20)24-9-7-8-23(17-24)31(32,33)34)25-11-10-21(18-36)16-22(25)19-41(13-4-3-12-35)14-5-6-15-41;2-1-3/h7-11,16-17,27H,3-6,13-15,19H2,1-2H3;1H,(H,2,3). The number of benzene rings is 2. The van der Waals surface area contributed by atoms with Gasteiger partial charge in [0, 0.05) is 49.1 Å². The fourth-order valence-corrected chi connectivity index (χ4v) is 6.48. The number of halogens is 3. The van der Waals surface area contributed by atoms with E-state index in [1.807, 2.05) is 0 Å². The van der Waals surface area contributed by atoms with Gasteiger partial charge in [-0.25, -0.2) is 19.3 Å². The van der Waals surface area contributed by atoms with E-state index in [1.54, 1.807) is 25.1 Å². The van der Waals surface area contributed by atoms with Gasteiger partial charge in [0.2, 0.25) is 5.95 Å². The molecule has 2 aromatic carbocycles. The fourth-order valence-electron chi connectivity index (χ4n) is 6.48. The molecule has 2 aliphatic rings. The Balaban J connectivity index is 0.00000160. The molecule has 2 aliphatic heterocycles. The smallest absolute Gasteiger partial charge is 0.416 e. The van der Waals surface area contributed by atoms with Crippen molar-refractivity contribution in [3.63, 3.8) is 0 Å². The van der Waals surface area contributed by atoms with Crippen molar-refractivity contribution in [3.8, 4) is 12.1 Å². The van der Waals surface area contributed by atoms with Crippen molar-refractivity contribution >= 4 is 24.1 Å². The van der Waals surface area contributed by atoms with Crippen LogP contribution < -0.4 is 15.7 Å². The average Bonchev–Trinajstić information content (AvgIpc) is 3.67. The number of anilines is 2. The van der Waals surface area contributed by atoms with Crippen molar-refractivity contribution in [2.75, 3.05) is 31.6 Å². The molecule has 1 aromatic heterocycles. The molecule has 12 nitrogen and oxygen atoms in total. The molecule has 3 heterocycles. The highest BCUT2D eigenvalue weighted by Crippen LogP contribution is 2.44. The molecule has 15 heteroatoms. The molecule has 3 aromatic rings. The second kappa shape index (κ2) is 14.3. The molecule has 47 heavy (non-hydrogen) atoms. The van der Waals surface area contributed by atoms with Crippen LogP contribution in [0.15, 0.2) is 58.5 Å². The van der Waals surface area contributed by atoms with Gasteiger partial charge in [0.25, 0.3) is 0 Å². The van der Waals surface area contributed by atoms with Gasteiger partial charge in [-0.1, -0.05) is 12.1 Å². The minimum Gasteiger partial charge on any atom is -0.554 e. The van der Waals surface area contributed by atoms with Crippen LogP contribution in [0.3, 0.4) is 0 Å². The molecule has 1 saturated heterocycles. The largest absolute Gasteiger partial charge is 0.554 e. The summed E-state index contributed by atoms with van der Waals surface area (Å²) in [5.74, 6) is -0.767. The molecule has 0 spiro atoms. The zero-order valence-corrected chi connectivity index (χ0v) is 25.7. The molecule has 1 fully saturated rings. The maximum atomic E-state index is 13.7. The van der Waals surface area contributed by atoms with E-state index in [2.05, 4.69) is 22.3 Å². The van der Waals surface area contributed by atoms with Gasteiger partial charge < -0.3 is 19.1 Å². The number of carboxylic acid groups (broad SMARTS) is 1. The minimum absolute atomic E-state index is 0.00104. The number of nitrogens with one attached hydrogen (secondary N) is 1. The molecule has 1 N–H and O–H groups in total. The monoisotopic (exact) mass is 651 g/mol. The lowest BCUT2D eigenvalue weighted by atomic mass is 9.89. The van der Waals surface area contributed by atoms with Gasteiger partial charge in [0.1, 0.15) is 12.6 Å². The number of aromatic amines is 1. The number of hydrogen-bond donors (Lipinski definition) is 1. The highest BCUT2D eigenvalue weighted by atomic mass is 19.4. The molecular formula is C32H32F3N7O5. The van der Waals surface area contributed by atoms with Crippen molar-refractivity contribution < 1.29 is 37.1 Å². The minimum atomic E-state index is -4.62. The summed E-state index contributed by atoms with van der Waals surface area (Å²) in [5, 5.41) is 33.7. The molecule has 1 unspecified atom stereocenters. The summed E-state index contributed by atoms with van der Waals surface area (Å²) in [6.07, 6.45) is -1.49. The predicted molar refractivity (Wildman–Crippen MR) is 159 cm³/mol. The number of rotatable bonds is 8. The number of allylic oxidation sites excluding steroid dienone is 1. The number of H-pyrrole nitrogens is 1. The molecule has 0 bridgehead atoms. The second-order valence-corrected chi connectivity index (χ2v) is 11.2. The van der Waals surface area contributed by atoms with Gasteiger partial charge in [-0.3, -0.25) is 4.90 Å². The Labute approximate surface area is 268 Å². The fraction of sp³-hybridized carbons (Fsp3) is 0.375. The Morgan fingerprint density at radius 1 is 1.21 bits per heavy atom. The van der Waals surface area contributed by atoms with Crippen molar-refractivity contribution in [2.45, 2.75) is 51.4 Å². The lowest BCUT2D eigenvalue weighted by molar-refractivity contribution is -0.929. The van der Waals surface area contributed by atoms with Crippen LogP contribution in [0.1, 0.15) is 60.9 Å². The van der Waals surface area contributed by atoms with Gasteiger partial charge in [0.05, 0.1) is 55.6 Å². The molecule has 0 radical (unpaired) electrons. The van der Waals surface area contributed by atoms with Crippen molar-refractivity contribution in [3.05, 3.63) is 86.5 Å². The topological polar surface area (TPSA) is 168 Å². The number of likely N-dealkylation sites (tertiary alicyclic amines) is 1. The third kappa shape index (κ3) is 7.05. The molecule has 1 atom stereocenters. The molecule has 0 aliphatic carbocycles. The van der Waals surface area contributed by atoms with Crippen LogP contribution in [0.25, 0.3) is 0 Å². The Bertz CT molecular complexity index is 1810. The van der Waals surface area contributed by atoms with E-state index >= 15 is 0 Å². The number of unbranched alkanes of at least 4 members (excludes halogenated alkanes) is 1. The van der Waals surface area contributed by atoms with E-state index in [0.29, 0.717) is 35.0 Å². The third-order valence-electron chi connectivity index (χ3n) is 8.49. The van der Waals surface area contributed by atoms with Gasteiger partial charge in [-0.2, -0.15) is 23.7 Å². The SMILES string of the molecule is COC(=O)C1=C(C)N(c2cccc(C(F)(F)F)c2)c2n[nH]c(=O)n2C1c1ccc(C#N)cc1C[N+]1(CCCC#N)CCCC1.O=C[O-]. The summed E-state index contributed by atoms with van der Waals surface area (Å²) in [4.78, 5) is 36.5. The zero-order valence-electron chi connectivity index (χ0n) is 25.7. The maximum absolute atomic E-state index is 13.7. The van der Waals surface area contributed by atoms with Crippen LogP contribution in [0.5, 0.6) is 0 Å². The van der Waals surface area contributed by atoms with Crippen molar-refractivity contribution in [1.29, 1.82) is 10.5 Å². The van der Waals surface area contributed by atoms with Crippen LogP contribution in [0, 0.1) is 22.7 Å². The van der Waals surface area contributed by atoms with Crippen LogP contribution in [0.4, 0.5) is 24.8 Å². The number of hydrogen-bond acceptors (Lipinski definition) is 9. The van der Waals surface area contributed by atoms with E-state index in [9.17, 15) is 28.0 Å². The van der Waals surface area contributed by atoms with Gasteiger partial charge in [-0.15, -0.1) is 5.10 Å². The Morgan fingerprint density at radius 2 is 1.91 bits per heavy atom. The number of fused-ring (bicyclic) bond motifs is 1. The first-order valence-corrected chi connectivity index (χ1v) is 14.7. The van der Waals surface area contributed by atoms with E-state index in [0.717, 1.165) is 50.2 Å². The number of methoxy groups -OCH3 is 1. The van der Waals surface area contributed by atoms with Crippen LogP contribution in [-0.4, -0.2) is 58.4 Å². The Hall–Kier alpha value is -5.41.